The summed E-state index contributed by atoms with van der Waals surface area (Å²) >= 11 is 3.09. The third-order valence-electron chi connectivity index (χ3n) is 3.53. The summed E-state index contributed by atoms with van der Waals surface area (Å²) in [6.07, 6.45) is -0.229. The maximum absolute atomic E-state index is 6.01. The maximum atomic E-state index is 6.01. The topological polar surface area (TPSA) is 61.5 Å². The highest BCUT2D eigenvalue weighted by atomic mass is 32.1. The van der Waals surface area contributed by atoms with Gasteiger partial charge in [-0.3, -0.25) is 0 Å². The molecular formula is C15H10N4O2S2. The fourth-order valence-electron chi connectivity index (χ4n) is 2.46. The average molecular weight is 342 g/mol. The SMILES string of the molecule is c1csc(-c2nnc3sc([C@H]4COc5ccccc5O4)nn23)c1. The molecule has 4 heterocycles. The highest BCUT2D eigenvalue weighted by Crippen LogP contribution is 2.37. The summed E-state index contributed by atoms with van der Waals surface area (Å²) in [4.78, 5) is 1.80. The van der Waals surface area contributed by atoms with E-state index < -0.39 is 0 Å². The van der Waals surface area contributed by atoms with Crippen LogP contribution >= 0.6 is 22.7 Å². The summed E-state index contributed by atoms with van der Waals surface area (Å²) in [7, 11) is 0. The Morgan fingerprint density at radius 1 is 1.09 bits per heavy atom. The molecule has 0 bridgehead atoms. The Morgan fingerprint density at radius 2 is 2.00 bits per heavy atom. The second-order valence-corrected chi connectivity index (χ2v) is 6.94. The molecule has 0 amide bonds. The zero-order valence-corrected chi connectivity index (χ0v) is 13.4. The highest BCUT2D eigenvalue weighted by Gasteiger charge is 2.27. The molecule has 6 nitrogen and oxygen atoms in total. The molecular weight excluding hydrogens is 332 g/mol. The van der Waals surface area contributed by atoms with Crippen molar-refractivity contribution in [1.29, 1.82) is 0 Å². The first-order valence-corrected chi connectivity index (χ1v) is 8.72. The van der Waals surface area contributed by atoms with Gasteiger partial charge in [0.25, 0.3) is 0 Å². The fourth-order valence-corrected chi connectivity index (χ4v) is 4.01. The van der Waals surface area contributed by atoms with Crippen LogP contribution in [0.5, 0.6) is 11.5 Å². The van der Waals surface area contributed by atoms with Gasteiger partial charge in [0.2, 0.25) is 4.96 Å². The number of para-hydroxylation sites is 2. The molecule has 5 rings (SSSR count). The van der Waals surface area contributed by atoms with E-state index in [4.69, 9.17) is 9.47 Å². The lowest BCUT2D eigenvalue weighted by Gasteiger charge is -2.24. The second kappa shape index (κ2) is 5.04. The van der Waals surface area contributed by atoms with Crippen molar-refractivity contribution >= 4 is 27.6 Å². The average Bonchev–Trinajstić information content (AvgIpc) is 3.30. The third-order valence-corrected chi connectivity index (χ3v) is 5.39. The van der Waals surface area contributed by atoms with E-state index in [1.807, 2.05) is 41.8 Å². The minimum absolute atomic E-state index is 0.229. The van der Waals surface area contributed by atoms with Gasteiger partial charge < -0.3 is 9.47 Å². The van der Waals surface area contributed by atoms with Crippen molar-refractivity contribution in [3.05, 3.63) is 46.8 Å². The molecule has 114 valence electrons. The molecule has 1 aromatic carbocycles. The van der Waals surface area contributed by atoms with Crippen molar-refractivity contribution in [1.82, 2.24) is 19.8 Å². The molecule has 0 aliphatic carbocycles. The van der Waals surface area contributed by atoms with Crippen molar-refractivity contribution in [2.45, 2.75) is 6.10 Å². The molecule has 0 saturated heterocycles. The van der Waals surface area contributed by atoms with Crippen molar-refractivity contribution in [2.75, 3.05) is 6.61 Å². The molecule has 23 heavy (non-hydrogen) atoms. The monoisotopic (exact) mass is 342 g/mol. The minimum Gasteiger partial charge on any atom is -0.485 e. The van der Waals surface area contributed by atoms with Crippen LogP contribution in [0.25, 0.3) is 15.7 Å². The van der Waals surface area contributed by atoms with Crippen molar-refractivity contribution < 1.29 is 9.47 Å². The molecule has 0 fully saturated rings. The van der Waals surface area contributed by atoms with E-state index in [0.717, 1.165) is 32.2 Å². The summed E-state index contributed by atoms with van der Waals surface area (Å²) < 4.78 is 13.5. The molecule has 1 atom stereocenters. The largest absolute Gasteiger partial charge is 0.485 e. The Bertz CT molecular complexity index is 977. The van der Waals surface area contributed by atoms with Gasteiger partial charge in [0.05, 0.1) is 4.88 Å². The Labute approximate surface area is 138 Å². The van der Waals surface area contributed by atoms with E-state index in [1.54, 1.807) is 15.9 Å². The Morgan fingerprint density at radius 3 is 2.87 bits per heavy atom. The van der Waals surface area contributed by atoms with Crippen LogP contribution in [0.15, 0.2) is 41.8 Å². The van der Waals surface area contributed by atoms with Gasteiger partial charge in [0, 0.05) is 0 Å². The standard InChI is InChI=1S/C15H10N4O2S2/c1-2-5-10-9(4-1)20-8-11(21-10)14-18-19-13(12-6-3-7-22-12)16-17-15(19)23-14/h1-7,11H,8H2/t11-/m1/s1. The van der Waals surface area contributed by atoms with Crippen LogP contribution < -0.4 is 9.47 Å². The van der Waals surface area contributed by atoms with Crippen molar-refractivity contribution in [2.24, 2.45) is 0 Å². The Hall–Kier alpha value is -2.45. The number of fused-ring (bicyclic) bond motifs is 2. The van der Waals surface area contributed by atoms with Gasteiger partial charge in [0.1, 0.15) is 6.61 Å². The van der Waals surface area contributed by atoms with Crippen molar-refractivity contribution in [3.8, 4) is 22.2 Å². The zero-order valence-electron chi connectivity index (χ0n) is 11.7. The van der Waals surface area contributed by atoms with Gasteiger partial charge in [0.15, 0.2) is 28.4 Å². The Balaban J connectivity index is 1.52. The summed E-state index contributed by atoms with van der Waals surface area (Å²) in [5, 5.41) is 15.9. The van der Waals surface area contributed by atoms with Gasteiger partial charge in [-0.1, -0.05) is 29.5 Å². The van der Waals surface area contributed by atoms with Crippen molar-refractivity contribution in [3.63, 3.8) is 0 Å². The van der Waals surface area contributed by atoms with Crippen LogP contribution in [0.4, 0.5) is 0 Å². The van der Waals surface area contributed by atoms with Gasteiger partial charge in [-0.25, -0.2) is 0 Å². The van der Waals surface area contributed by atoms with Crippen LogP contribution in [-0.4, -0.2) is 26.4 Å². The second-order valence-electron chi connectivity index (χ2n) is 5.00. The predicted molar refractivity (Wildman–Crippen MR) is 87.3 cm³/mol. The molecule has 8 heteroatoms. The number of thiophene rings is 1. The molecule has 0 unspecified atom stereocenters. The lowest BCUT2D eigenvalue weighted by molar-refractivity contribution is 0.0904. The van der Waals surface area contributed by atoms with Gasteiger partial charge >= 0.3 is 0 Å². The van der Waals surface area contributed by atoms with Gasteiger partial charge in [-0.2, -0.15) is 9.61 Å². The maximum Gasteiger partial charge on any atom is 0.235 e. The predicted octanol–water partition coefficient (Wildman–Crippen LogP) is 3.43. The minimum atomic E-state index is -0.229. The molecule has 0 radical (unpaired) electrons. The molecule has 1 aliphatic heterocycles. The number of ether oxygens (including phenoxy) is 2. The molecule has 3 aromatic heterocycles. The summed E-state index contributed by atoms with van der Waals surface area (Å²) in [5.74, 6) is 2.27. The van der Waals surface area contributed by atoms with Crippen LogP contribution in [0.2, 0.25) is 0 Å². The molecule has 0 N–H and O–H groups in total. The van der Waals surface area contributed by atoms with Gasteiger partial charge in [-0.05, 0) is 23.6 Å². The van der Waals surface area contributed by atoms with E-state index in [1.165, 1.54) is 11.3 Å². The van der Waals surface area contributed by atoms with Crippen LogP contribution in [0.3, 0.4) is 0 Å². The Kier molecular flexibility index (Phi) is 2.85. The van der Waals surface area contributed by atoms with Crippen LogP contribution in [0, 0.1) is 0 Å². The first-order valence-electron chi connectivity index (χ1n) is 7.03. The third kappa shape index (κ3) is 2.10. The lowest BCUT2D eigenvalue weighted by Crippen LogP contribution is -2.21. The quantitative estimate of drug-likeness (QED) is 0.558. The lowest BCUT2D eigenvalue weighted by atomic mass is 10.3. The summed E-state index contributed by atoms with van der Waals surface area (Å²) in [6, 6.07) is 11.7. The van der Waals surface area contributed by atoms with Crippen LogP contribution in [-0.2, 0) is 0 Å². The number of hydrogen-bond acceptors (Lipinski definition) is 7. The fraction of sp³-hybridized carbons (Fsp3) is 0.133. The molecule has 1 aliphatic rings. The van der Waals surface area contributed by atoms with E-state index in [2.05, 4.69) is 15.3 Å². The number of aromatic nitrogens is 4. The molecule has 4 aromatic rings. The summed E-state index contributed by atoms with van der Waals surface area (Å²) in [6.45, 7) is 0.440. The first-order chi connectivity index (χ1) is 11.4. The number of benzene rings is 1. The number of nitrogens with zero attached hydrogens (tertiary/aromatic N) is 4. The van der Waals surface area contributed by atoms with E-state index >= 15 is 0 Å². The first kappa shape index (κ1) is 13.0. The van der Waals surface area contributed by atoms with Gasteiger partial charge in [-0.15, -0.1) is 21.5 Å². The smallest absolute Gasteiger partial charge is 0.235 e. The number of hydrogen-bond donors (Lipinski definition) is 0. The van der Waals surface area contributed by atoms with Crippen LogP contribution in [0.1, 0.15) is 11.1 Å². The highest BCUT2D eigenvalue weighted by molar-refractivity contribution is 7.16. The van der Waals surface area contributed by atoms with E-state index in [9.17, 15) is 0 Å². The van der Waals surface area contributed by atoms with E-state index in [0.29, 0.717) is 6.61 Å². The molecule has 0 saturated carbocycles. The zero-order chi connectivity index (χ0) is 15.2. The normalized spacial score (nSPS) is 16.8. The number of rotatable bonds is 2. The van der Waals surface area contributed by atoms with E-state index in [-0.39, 0.29) is 6.10 Å². The molecule has 0 spiro atoms. The summed E-state index contributed by atoms with van der Waals surface area (Å²) in [5.41, 5.74) is 0.